The molecule has 0 aliphatic rings. The van der Waals surface area contributed by atoms with Crippen molar-refractivity contribution in [2.24, 2.45) is 13.0 Å². The number of carbonyl (C=O) groups is 2. The fourth-order valence-corrected chi connectivity index (χ4v) is 2.45. The van der Waals surface area contributed by atoms with Crippen molar-refractivity contribution in [3.05, 3.63) is 18.2 Å². The van der Waals surface area contributed by atoms with E-state index >= 15 is 0 Å². The van der Waals surface area contributed by atoms with E-state index < -0.39 is 5.97 Å². The number of hydrogen-bond acceptors (Lipinski definition) is 4. The lowest BCUT2D eigenvalue weighted by atomic mass is 10.0. The Balaban J connectivity index is 2.12. The SMILES string of the molecule is CCOc1nn(C)c2ccc(NC(=O)CC(C)CC(=O)O)cc12. The van der Waals surface area contributed by atoms with Gasteiger partial charge in [0.05, 0.1) is 17.5 Å². The number of carboxylic acid groups (broad SMARTS) is 1. The maximum Gasteiger partial charge on any atom is 0.303 e. The van der Waals surface area contributed by atoms with Crippen LogP contribution in [0.5, 0.6) is 5.88 Å². The van der Waals surface area contributed by atoms with Crippen molar-refractivity contribution >= 4 is 28.5 Å². The minimum Gasteiger partial charge on any atom is -0.481 e. The van der Waals surface area contributed by atoms with Gasteiger partial charge in [-0.15, -0.1) is 5.10 Å². The lowest BCUT2D eigenvalue weighted by Crippen LogP contribution is -2.16. The number of anilines is 1. The number of hydrogen-bond donors (Lipinski definition) is 2. The van der Waals surface area contributed by atoms with E-state index in [0.29, 0.717) is 18.2 Å². The molecule has 0 saturated heterocycles. The number of benzene rings is 1. The zero-order chi connectivity index (χ0) is 17.0. The normalized spacial score (nSPS) is 12.1. The Labute approximate surface area is 134 Å². The summed E-state index contributed by atoms with van der Waals surface area (Å²) in [5, 5.41) is 16.6. The molecule has 124 valence electrons. The van der Waals surface area contributed by atoms with E-state index in [0.717, 1.165) is 10.9 Å². The van der Waals surface area contributed by atoms with Gasteiger partial charge in [-0.05, 0) is 31.0 Å². The van der Waals surface area contributed by atoms with Crippen molar-refractivity contribution in [1.82, 2.24) is 9.78 Å². The van der Waals surface area contributed by atoms with Crippen molar-refractivity contribution in [3.63, 3.8) is 0 Å². The van der Waals surface area contributed by atoms with Gasteiger partial charge in [-0.25, -0.2) is 0 Å². The fraction of sp³-hybridized carbons (Fsp3) is 0.438. The van der Waals surface area contributed by atoms with Gasteiger partial charge in [-0.2, -0.15) is 0 Å². The molecule has 2 rings (SSSR count). The third kappa shape index (κ3) is 4.21. The number of carboxylic acids is 1. The quantitative estimate of drug-likeness (QED) is 0.817. The summed E-state index contributed by atoms with van der Waals surface area (Å²) >= 11 is 0. The van der Waals surface area contributed by atoms with Crippen LogP contribution in [0.15, 0.2) is 18.2 Å². The van der Waals surface area contributed by atoms with E-state index in [-0.39, 0.29) is 24.7 Å². The zero-order valence-corrected chi connectivity index (χ0v) is 13.5. The molecule has 1 aromatic heterocycles. The number of rotatable bonds is 7. The largest absolute Gasteiger partial charge is 0.481 e. The average molecular weight is 319 g/mol. The first-order valence-electron chi connectivity index (χ1n) is 7.52. The molecule has 1 aromatic carbocycles. The predicted molar refractivity (Wildman–Crippen MR) is 86.5 cm³/mol. The van der Waals surface area contributed by atoms with Gasteiger partial charge in [0.2, 0.25) is 11.8 Å². The van der Waals surface area contributed by atoms with Gasteiger partial charge >= 0.3 is 5.97 Å². The number of ether oxygens (including phenoxy) is 1. The molecule has 23 heavy (non-hydrogen) atoms. The zero-order valence-electron chi connectivity index (χ0n) is 13.5. The van der Waals surface area contributed by atoms with E-state index in [1.54, 1.807) is 17.7 Å². The number of aromatic nitrogens is 2. The number of amides is 1. The van der Waals surface area contributed by atoms with E-state index in [1.807, 2.05) is 26.1 Å². The van der Waals surface area contributed by atoms with Crippen molar-refractivity contribution in [1.29, 1.82) is 0 Å². The van der Waals surface area contributed by atoms with Crippen molar-refractivity contribution in [2.75, 3.05) is 11.9 Å². The Kier molecular flexibility index (Phi) is 5.20. The lowest BCUT2D eigenvalue weighted by molar-refractivity contribution is -0.138. The maximum atomic E-state index is 12.0. The number of aryl methyl sites for hydroxylation is 1. The Morgan fingerprint density at radius 1 is 1.39 bits per heavy atom. The summed E-state index contributed by atoms with van der Waals surface area (Å²) in [6.45, 7) is 4.14. The summed E-state index contributed by atoms with van der Waals surface area (Å²) < 4.78 is 7.22. The number of nitrogens with zero attached hydrogens (tertiary/aromatic N) is 2. The second-order valence-electron chi connectivity index (χ2n) is 5.55. The molecule has 0 aliphatic heterocycles. The Morgan fingerprint density at radius 3 is 2.78 bits per heavy atom. The molecule has 0 spiro atoms. The number of carbonyl (C=O) groups excluding carboxylic acids is 1. The van der Waals surface area contributed by atoms with Crippen LogP contribution in [-0.4, -0.2) is 33.4 Å². The molecule has 0 radical (unpaired) electrons. The fourth-order valence-electron chi connectivity index (χ4n) is 2.45. The summed E-state index contributed by atoms with van der Waals surface area (Å²) in [6.07, 6.45) is 0.138. The van der Waals surface area contributed by atoms with Crippen LogP contribution in [0.25, 0.3) is 10.9 Å². The van der Waals surface area contributed by atoms with Crippen molar-refractivity contribution in [2.45, 2.75) is 26.7 Å². The highest BCUT2D eigenvalue weighted by Gasteiger charge is 2.14. The predicted octanol–water partition coefficient (Wildman–Crippen LogP) is 2.41. The van der Waals surface area contributed by atoms with Gasteiger partial charge in [-0.3, -0.25) is 14.3 Å². The molecule has 2 N–H and O–H groups in total. The molecular weight excluding hydrogens is 298 g/mol. The smallest absolute Gasteiger partial charge is 0.303 e. The molecule has 0 saturated carbocycles. The van der Waals surface area contributed by atoms with Crippen LogP contribution in [0.2, 0.25) is 0 Å². The molecule has 7 heteroatoms. The molecule has 7 nitrogen and oxygen atoms in total. The molecule has 1 unspecified atom stereocenters. The Morgan fingerprint density at radius 2 is 2.13 bits per heavy atom. The number of fused-ring (bicyclic) bond motifs is 1. The minimum atomic E-state index is -0.900. The second kappa shape index (κ2) is 7.13. The van der Waals surface area contributed by atoms with Crippen LogP contribution in [-0.2, 0) is 16.6 Å². The monoisotopic (exact) mass is 319 g/mol. The lowest BCUT2D eigenvalue weighted by Gasteiger charge is -2.09. The maximum absolute atomic E-state index is 12.0. The topological polar surface area (TPSA) is 93.5 Å². The molecule has 0 fully saturated rings. The standard InChI is InChI=1S/C16H21N3O4/c1-4-23-16-12-9-11(5-6-13(12)19(3)18-16)17-14(20)7-10(2)8-15(21)22/h5-6,9-10H,4,7-8H2,1-3H3,(H,17,20)(H,21,22). The first kappa shape index (κ1) is 16.8. The summed E-state index contributed by atoms with van der Waals surface area (Å²) in [6, 6.07) is 5.47. The first-order valence-corrected chi connectivity index (χ1v) is 7.52. The Bertz CT molecular complexity index is 723. The molecular formula is C16H21N3O4. The van der Waals surface area contributed by atoms with Crippen molar-refractivity contribution < 1.29 is 19.4 Å². The van der Waals surface area contributed by atoms with Crippen LogP contribution in [0, 0.1) is 5.92 Å². The highest BCUT2D eigenvalue weighted by Crippen LogP contribution is 2.27. The highest BCUT2D eigenvalue weighted by molar-refractivity contribution is 5.95. The van der Waals surface area contributed by atoms with Gasteiger partial charge in [0.1, 0.15) is 0 Å². The van der Waals surface area contributed by atoms with Gasteiger partial charge in [0.15, 0.2) is 0 Å². The summed E-state index contributed by atoms with van der Waals surface area (Å²) in [7, 11) is 1.83. The van der Waals surface area contributed by atoms with E-state index in [2.05, 4.69) is 10.4 Å². The van der Waals surface area contributed by atoms with E-state index in [4.69, 9.17) is 9.84 Å². The van der Waals surface area contributed by atoms with Crippen LogP contribution >= 0.6 is 0 Å². The second-order valence-corrected chi connectivity index (χ2v) is 5.55. The molecule has 1 heterocycles. The summed E-state index contributed by atoms with van der Waals surface area (Å²) in [5.74, 6) is -0.794. The van der Waals surface area contributed by atoms with Crippen LogP contribution in [0.4, 0.5) is 5.69 Å². The molecule has 1 atom stereocenters. The summed E-state index contributed by atoms with van der Waals surface area (Å²) in [4.78, 5) is 22.6. The van der Waals surface area contributed by atoms with Crippen LogP contribution in [0.1, 0.15) is 26.7 Å². The van der Waals surface area contributed by atoms with Gasteiger partial charge in [-0.1, -0.05) is 6.92 Å². The Hall–Kier alpha value is -2.57. The summed E-state index contributed by atoms with van der Waals surface area (Å²) in [5.41, 5.74) is 1.55. The van der Waals surface area contributed by atoms with Gasteiger partial charge in [0, 0.05) is 25.6 Å². The van der Waals surface area contributed by atoms with E-state index in [9.17, 15) is 9.59 Å². The van der Waals surface area contributed by atoms with E-state index in [1.165, 1.54) is 0 Å². The molecule has 0 bridgehead atoms. The van der Waals surface area contributed by atoms with Crippen molar-refractivity contribution in [3.8, 4) is 5.88 Å². The minimum absolute atomic E-state index is 0.0243. The molecule has 1 amide bonds. The third-order valence-corrected chi connectivity index (χ3v) is 3.44. The molecule has 2 aromatic rings. The highest BCUT2D eigenvalue weighted by atomic mass is 16.5. The van der Waals surface area contributed by atoms with Gasteiger partial charge < -0.3 is 15.2 Å². The number of nitrogens with one attached hydrogen (secondary N) is 1. The number of aliphatic carboxylic acids is 1. The average Bonchev–Trinajstić information content (AvgIpc) is 2.74. The third-order valence-electron chi connectivity index (χ3n) is 3.44. The first-order chi connectivity index (χ1) is 10.9. The van der Waals surface area contributed by atoms with Crippen LogP contribution < -0.4 is 10.1 Å². The molecule has 0 aliphatic carbocycles. The van der Waals surface area contributed by atoms with Gasteiger partial charge in [0.25, 0.3) is 0 Å². The van der Waals surface area contributed by atoms with Crippen LogP contribution in [0.3, 0.4) is 0 Å².